The van der Waals surface area contributed by atoms with E-state index < -0.39 is 13.8 Å². The highest BCUT2D eigenvalue weighted by molar-refractivity contribution is 7.43. The largest absolute Gasteiger partial charge is 0.756 e. The van der Waals surface area contributed by atoms with E-state index in [-0.39, 0.29) is 0 Å². The van der Waals surface area contributed by atoms with Crippen LogP contribution in [0.15, 0.2) is 24.3 Å². The first-order valence-electron chi connectivity index (χ1n) is 3.62. The lowest BCUT2D eigenvalue weighted by Crippen LogP contribution is -2.39. The maximum atomic E-state index is 10.3. The maximum absolute atomic E-state index is 10.3. The van der Waals surface area contributed by atoms with Gasteiger partial charge in [0.25, 0.3) is 7.82 Å². The van der Waals surface area contributed by atoms with Crippen molar-refractivity contribution in [1.29, 1.82) is 0 Å². The van der Waals surface area contributed by atoms with Crippen LogP contribution in [0.3, 0.4) is 0 Å². The van der Waals surface area contributed by atoms with Gasteiger partial charge in [0, 0.05) is 0 Å². The van der Waals surface area contributed by atoms with Gasteiger partial charge in [-0.3, -0.25) is 4.57 Å². The minimum atomic E-state index is -4.89. The van der Waals surface area contributed by atoms with Gasteiger partial charge in [-0.2, -0.15) is 0 Å². The summed E-state index contributed by atoms with van der Waals surface area (Å²) in [5.74, 6) is -0.903. The van der Waals surface area contributed by atoms with E-state index in [0.29, 0.717) is 5.56 Å². The Morgan fingerprint density at radius 1 is 1.27 bits per heavy atom. The van der Waals surface area contributed by atoms with Gasteiger partial charge in [-0.05, 0) is 24.3 Å². The van der Waals surface area contributed by atoms with Crippen LogP contribution in [0, 0.1) is 0 Å². The summed E-state index contributed by atoms with van der Waals surface area (Å²) in [6.45, 7) is 0. The number of carboxylic acid groups (broad SMARTS) is 1. The molecule has 0 amide bonds. The normalized spacial score (nSPS) is 10.1. The van der Waals surface area contributed by atoms with Crippen molar-refractivity contribution in [2.24, 2.45) is 0 Å². The fourth-order valence-electron chi connectivity index (χ4n) is 0.647. The monoisotopic (exact) mass is 235 g/mol. The first-order chi connectivity index (χ1) is 6.70. The summed E-state index contributed by atoms with van der Waals surface area (Å²) in [5.41, 5.74) is 4.75. The van der Waals surface area contributed by atoms with Gasteiger partial charge in [0.1, 0.15) is 5.69 Å². The van der Waals surface area contributed by atoms with E-state index in [1.807, 2.05) is 0 Å². The van der Waals surface area contributed by atoms with Gasteiger partial charge < -0.3 is 25.5 Å². The van der Waals surface area contributed by atoms with Gasteiger partial charge in [0.2, 0.25) is 0 Å². The van der Waals surface area contributed by atoms with Crippen LogP contribution in [-0.2, 0) is 4.57 Å². The molecule has 0 saturated heterocycles. The van der Waals surface area contributed by atoms with Gasteiger partial charge in [0.15, 0.2) is 0 Å². The van der Waals surface area contributed by atoms with Crippen LogP contribution in [-0.4, -0.2) is 20.9 Å². The van der Waals surface area contributed by atoms with Crippen molar-refractivity contribution in [3.63, 3.8) is 0 Å². The second-order valence-corrected chi connectivity index (χ2v) is 3.47. The molecule has 0 spiro atoms. The zero-order valence-electron chi connectivity index (χ0n) is 7.53. The van der Waals surface area contributed by atoms with Gasteiger partial charge in [-0.15, -0.1) is 0 Å². The summed E-state index contributed by atoms with van der Waals surface area (Å²) < 4.78 is 8.77. The number of rotatable bonds is 1. The van der Waals surface area contributed by atoms with Crippen molar-refractivity contribution in [1.82, 2.24) is 0 Å². The third-order valence-electron chi connectivity index (χ3n) is 1.20. The fraction of sp³-hybridized carbons (Fsp3) is 0. The van der Waals surface area contributed by atoms with Crippen LogP contribution in [0.4, 0.5) is 5.69 Å². The number of phosphoric acid groups is 1. The van der Waals surface area contributed by atoms with Crippen LogP contribution < -0.4 is 10.6 Å². The third kappa shape index (κ3) is 9.07. The smallest absolute Gasteiger partial charge is 0.335 e. The average Bonchev–Trinajstić information content (AvgIpc) is 2.01. The number of hydrogen-bond donors (Lipinski definition) is 4. The molecule has 8 heteroatoms. The summed E-state index contributed by atoms with van der Waals surface area (Å²) >= 11 is 0. The number of carboxylic acids is 1. The molecule has 0 saturated carbocycles. The lowest BCUT2D eigenvalue weighted by Gasteiger charge is -2.01. The molecular formula is C7H10NO6P. The Kier molecular flexibility index (Phi) is 5.13. The molecule has 0 unspecified atom stereocenters. The molecule has 0 bridgehead atoms. The summed E-state index contributed by atoms with van der Waals surface area (Å²) in [4.78, 5) is 33.2. The summed E-state index contributed by atoms with van der Waals surface area (Å²) in [7, 11) is -4.89. The van der Waals surface area contributed by atoms with E-state index in [9.17, 15) is 4.79 Å². The molecule has 0 radical (unpaired) electrons. The summed E-state index contributed by atoms with van der Waals surface area (Å²) in [6, 6.07) is 6.40. The third-order valence-corrected chi connectivity index (χ3v) is 1.20. The van der Waals surface area contributed by atoms with Crippen molar-refractivity contribution in [3.8, 4) is 0 Å². The number of aromatic carboxylic acids is 1. The van der Waals surface area contributed by atoms with Gasteiger partial charge in [-0.25, -0.2) is 4.79 Å². The van der Waals surface area contributed by atoms with Crippen LogP contribution in [0.1, 0.15) is 10.4 Å². The van der Waals surface area contributed by atoms with E-state index in [1.165, 1.54) is 12.1 Å². The predicted molar refractivity (Wildman–Crippen MR) is 48.0 cm³/mol. The highest BCUT2D eigenvalue weighted by Crippen LogP contribution is 2.18. The molecule has 0 fully saturated rings. The second-order valence-electron chi connectivity index (χ2n) is 2.49. The molecule has 1 aromatic carbocycles. The number of quaternary nitrogens is 1. The topological polar surface area (TPSA) is 146 Å². The number of carbonyl (C=O) groups is 1. The zero-order valence-corrected chi connectivity index (χ0v) is 8.42. The van der Waals surface area contributed by atoms with Gasteiger partial charge >= 0.3 is 5.97 Å². The standard InChI is InChI=1S/C7H7NO2.H3O4P/c8-6-3-1-5(2-4-6)7(9)10;1-5(2,3)4/h1-4H,8H2,(H,9,10);(H3,1,2,3,4). The van der Waals surface area contributed by atoms with Crippen molar-refractivity contribution in [2.45, 2.75) is 0 Å². The van der Waals surface area contributed by atoms with Crippen LogP contribution in [0.25, 0.3) is 0 Å². The Morgan fingerprint density at radius 3 is 1.87 bits per heavy atom. The Hall–Kier alpha value is -1.24. The van der Waals surface area contributed by atoms with E-state index in [1.54, 1.807) is 12.1 Å². The molecule has 0 heterocycles. The zero-order chi connectivity index (χ0) is 12.1. The molecule has 0 aliphatic rings. The van der Waals surface area contributed by atoms with E-state index in [0.717, 1.165) is 5.69 Å². The Labute approximate surface area is 85.0 Å². The van der Waals surface area contributed by atoms with Crippen LogP contribution in [0.2, 0.25) is 0 Å². The molecule has 15 heavy (non-hydrogen) atoms. The molecule has 0 aromatic heterocycles. The molecule has 0 aliphatic carbocycles. The molecule has 1 aromatic rings. The molecular weight excluding hydrogens is 225 g/mol. The lowest BCUT2D eigenvalue weighted by molar-refractivity contribution is -0.254. The highest BCUT2D eigenvalue weighted by Gasteiger charge is 1.99. The fourth-order valence-corrected chi connectivity index (χ4v) is 0.647. The Balaban J connectivity index is 0.000000336. The van der Waals surface area contributed by atoms with Gasteiger partial charge in [-0.1, -0.05) is 0 Å². The first kappa shape index (κ1) is 13.8. The Bertz CT molecular complexity index is 361. The van der Waals surface area contributed by atoms with Crippen molar-refractivity contribution < 1.29 is 34.9 Å². The van der Waals surface area contributed by atoms with Crippen molar-refractivity contribution in [3.05, 3.63) is 29.8 Å². The minimum Gasteiger partial charge on any atom is -0.756 e. The van der Waals surface area contributed by atoms with Crippen molar-refractivity contribution >= 4 is 19.5 Å². The Morgan fingerprint density at radius 2 is 1.60 bits per heavy atom. The SMILES string of the molecule is O=P([O-])(O)O.[NH3+]c1ccc(C(=O)O)cc1. The highest BCUT2D eigenvalue weighted by atomic mass is 31.2. The molecule has 6 N–H and O–H groups in total. The van der Waals surface area contributed by atoms with E-state index in [4.69, 9.17) is 24.4 Å². The summed E-state index contributed by atoms with van der Waals surface area (Å²) in [6.07, 6.45) is 0. The summed E-state index contributed by atoms with van der Waals surface area (Å²) in [5, 5.41) is 8.46. The molecule has 0 aliphatic heterocycles. The minimum absolute atomic E-state index is 0.299. The molecule has 1 rings (SSSR count). The quantitative estimate of drug-likeness (QED) is 0.445. The number of hydrogen-bond acceptors (Lipinski definition) is 3. The molecule has 0 atom stereocenters. The van der Waals surface area contributed by atoms with Gasteiger partial charge in [0.05, 0.1) is 5.56 Å². The maximum Gasteiger partial charge on any atom is 0.335 e. The average molecular weight is 235 g/mol. The van der Waals surface area contributed by atoms with Crippen LogP contribution >= 0.6 is 7.82 Å². The lowest BCUT2D eigenvalue weighted by atomic mass is 10.2. The van der Waals surface area contributed by atoms with Crippen molar-refractivity contribution in [2.75, 3.05) is 0 Å². The first-order valence-corrected chi connectivity index (χ1v) is 5.15. The van der Waals surface area contributed by atoms with E-state index in [2.05, 4.69) is 5.73 Å². The van der Waals surface area contributed by atoms with E-state index >= 15 is 0 Å². The molecule has 84 valence electrons. The number of benzene rings is 1. The second kappa shape index (κ2) is 5.59. The molecule has 7 nitrogen and oxygen atoms in total. The van der Waals surface area contributed by atoms with Crippen LogP contribution in [0.5, 0.6) is 0 Å². The predicted octanol–water partition coefficient (Wildman–Crippen LogP) is -1.30.